The molecular formula is C12H27N2. The van der Waals surface area contributed by atoms with E-state index in [9.17, 15) is 0 Å². The van der Waals surface area contributed by atoms with Crippen LogP contribution in [0, 0.1) is 6.42 Å². The molecule has 85 valence electrons. The zero-order valence-corrected chi connectivity index (χ0v) is 10.7. The standard InChI is InChI=1S/C12H27N2/c1-11(2)14(12(3)4)10-8-7-9-13(5)6/h8,11-12H,7,9-10H2,1-6H3. The van der Waals surface area contributed by atoms with Crippen molar-refractivity contribution in [2.24, 2.45) is 0 Å². The summed E-state index contributed by atoms with van der Waals surface area (Å²) in [5, 5.41) is 0. The highest BCUT2D eigenvalue weighted by Gasteiger charge is 2.12. The third-order valence-electron chi connectivity index (χ3n) is 2.45. The van der Waals surface area contributed by atoms with Gasteiger partial charge >= 0.3 is 0 Å². The molecule has 0 aliphatic heterocycles. The number of hydrogen-bond acceptors (Lipinski definition) is 2. The normalized spacial score (nSPS) is 12.4. The molecule has 0 unspecified atom stereocenters. The minimum atomic E-state index is 0.644. The van der Waals surface area contributed by atoms with Crippen LogP contribution in [0.25, 0.3) is 0 Å². The van der Waals surface area contributed by atoms with Gasteiger partial charge in [-0.3, -0.25) is 4.90 Å². The molecule has 0 N–H and O–H groups in total. The fourth-order valence-electron chi connectivity index (χ4n) is 1.61. The molecule has 2 nitrogen and oxygen atoms in total. The van der Waals surface area contributed by atoms with Crippen molar-refractivity contribution < 1.29 is 0 Å². The summed E-state index contributed by atoms with van der Waals surface area (Å²) in [6.07, 6.45) is 3.57. The summed E-state index contributed by atoms with van der Waals surface area (Å²) in [4.78, 5) is 4.74. The number of rotatable bonds is 7. The molecule has 2 heteroatoms. The van der Waals surface area contributed by atoms with E-state index in [1.807, 2.05) is 0 Å². The minimum Gasteiger partial charge on any atom is -0.309 e. The van der Waals surface area contributed by atoms with Gasteiger partial charge in [0.25, 0.3) is 0 Å². The first-order chi connectivity index (χ1) is 6.45. The molecule has 0 aliphatic carbocycles. The molecule has 0 amide bonds. The molecule has 0 saturated heterocycles. The Balaban J connectivity index is 3.62. The van der Waals surface area contributed by atoms with Crippen LogP contribution < -0.4 is 0 Å². The molecule has 0 heterocycles. The van der Waals surface area contributed by atoms with E-state index in [0.717, 1.165) is 13.1 Å². The molecule has 0 fully saturated rings. The van der Waals surface area contributed by atoms with Gasteiger partial charge in [-0.15, -0.1) is 0 Å². The van der Waals surface area contributed by atoms with Crippen LogP contribution in [0.1, 0.15) is 34.1 Å². The number of hydrogen-bond donors (Lipinski definition) is 0. The predicted octanol–water partition coefficient (Wildman–Crippen LogP) is 2.26. The van der Waals surface area contributed by atoms with Crippen molar-refractivity contribution in [3.8, 4) is 0 Å². The monoisotopic (exact) mass is 199 g/mol. The van der Waals surface area contributed by atoms with E-state index in [-0.39, 0.29) is 0 Å². The van der Waals surface area contributed by atoms with Gasteiger partial charge in [0.05, 0.1) is 0 Å². The quantitative estimate of drug-likeness (QED) is 0.580. The highest BCUT2D eigenvalue weighted by molar-refractivity contribution is 4.76. The Morgan fingerprint density at radius 3 is 1.86 bits per heavy atom. The van der Waals surface area contributed by atoms with Gasteiger partial charge < -0.3 is 4.90 Å². The van der Waals surface area contributed by atoms with Crippen molar-refractivity contribution in [1.82, 2.24) is 9.80 Å². The zero-order valence-electron chi connectivity index (χ0n) is 10.7. The van der Waals surface area contributed by atoms with Gasteiger partial charge in [0.1, 0.15) is 0 Å². The van der Waals surface area contributed by atoms with Crippen LogP contribution in [0.5, 0.6) is 0 Å². The first-order valence-electron chi connectivity index (χ1n) is 5.67. The van der Waals surface area contributed by atoms with Crippen molar-refractivity contribution in [2.75, 3.05) is 27.2 Å². The van der Waals surface area contributed by atoms with E-state index in [4.69, 9.17) is 0 Å². The molecule has 0 rings (SSSR count). The maximum Gasteiger partial charge on any atom is 0.00414 e. The Bertz CT molecular complexity index is 122. The summed E-state index contributed by atoms with van der Waals surface area (Å²) < 4.78 is 0. The first kappa shape index (κ1) is 13.9. The average molecular weight is 199 g/mol. The van der Waals surface area contributed by atoms with E-state index < -0.39 is 0 Å². The highest BCUT2D eigenvalue weighted by Crippen LogP contribution is 2.06. The summed E-state index contributed by atoms with van der Waals surface area (Å²) in [5.74, 6) is 0. The summed E-state index contributed by atoms with van der Waals surface area (Å²) >= 11 is 0. The van der Waals surface area contributed by atoms with Crippen LogP contribution in [-0.2, 0) is 0 Å². The lowest BCUT2D eigenvalue weighted by Gasteiger charge is -2.30. The lowest BCUT2D eigenvalue weighted by molar-refractivity contribution is 0.187. The van der Waals surface area contributed by atoms with Crippen LogP contribution in [-0.4, -0.2) is 49.1 Å². The summed E-state index contributed by atoms with van der Waals surface area (Å²) in [7, 11) is 4.24. The highest BCUT2D eigenvalue weighted by atomic mass is 15.2. The lowest BCUT2D eigenvalue weighted by Crippen LogP contribution is -2.38. The van der Waals surface area contributed by atoms with Crippen LogP contribution in [0.3, 0.4) is 0 Å². The third-order valence-corrected chi connectivity index (χ3v) is 2.45. The molecule has 0 bridgehead atoms. The van der Waals surface area contributed by atoms with Crippen molar-refractivity contribution in [1.29, 1.82) is 0 Å². The largest absolute Gasteiger partial charge is 0.309 e. The van der Waals surface area contributed by atoms with Crippen LogP contribution in [0.2, 0.25) is 0 Å². The van der Waals surface area contributed by atoms with Gasteiger partial charge in [-0.05, 0) is 61.2 Å². The van der Waals surface area contributed by atoms with Gasteiger partial charge in [-0.2, -0.15) is 0 Å². The van der Waals surface area contributed by atoms with Gasteiger partial charge in [0.15, 0.2) is 0 Å². The molecular weight excluding hydrogens is 172 g/mol. The van der Waals surface area contributed by atoms with E-state index in [1.165, 1.54) is 6.42 Å². The van der Waals surface area contributed by atoms with Gasteiger partial charge in [0, 0.05) is 18.6 Å². The van der Waals surface area contributed by atoms with Crippen LogP contribution >= 0.6 is 0 Å². The predicted molar refractivity (Wildman–Crippen MR) is 64.4 cm³/mol. The molecule has 0 atom stereocenters. The Labute approximate surface area is 90.3 Å². The second-order valence-corrected chi connectivity index (χ2v) is 4.76. The van der Waals surface area contributed by atoms with Crippen molar-refractivity contribution in [3.05, 3.63) is 6.42 Å². The van der Waals surface area contributed by atoms with Gasteiger partial charge in [0.2, 0.25) is 0 Å². The van der Waals surface area contributed by atoms with Gasteiger partial charge in [-0.1, -0.05) is 0 Å². The van der Waals surface area contributed by atoms with Crippen molar-refractivity contribution >= 4 is 0 Å². The van der Waals surface area contributed by atoms with Crippen molar-refractivity contribution in [2.45, 2.75) is 46.2 Å². The number of nitrogens with zero attached hydrogens (tertiary/aromatic N) is 2. The molecule has 0 spiro atoms. The van der Waals surface area contributed by atoms with Gasteiger partial charge in [-0.25, -0.2) is 0 Å². The smallest absolute Gasteiger partial charge is 0.00414 e. The van der Waals surface area contributed by atoms with Crippen LogP contribution in [0.4, 0.5) is 0 Å². The molecule has 1 radical (unpaired) electrons. The molecule has 14 heavy (non-hydrogen) atoms. The summed E-state index contributed by atoms with van der Waals surface area (Å²) in [6, 6.07) is 1.29. The topological polar surface area (TPSA) is 6.48 Å². The summed E-state index contributed by atoms with van der Waals surface area (Å²) in [5.41, 5.74) is 0. The first-order valence-corrected chi connectivity index (χ1v) is 5.67. The SMILES string of the molecule is CC(C)N(C[CH]CCN(C)C)C(C)C. The molecule has 0 aromatic heterocycles. The second-order valence-electron chi connectivity index (χ2n) is 4.76. The average Bonchev–Trinajstić information content (AvgIpc) is 2.01. The Morgan fingerprint density at radius 2 is 1.50 bits per heavy atom. The Hall–Kier alpha value is -0.0800. The Kier molecular flexibility index (Phi) is 7.20. The third kappa shape index (κ3) is 6.39. The van der Waals surface area contributed by atoms with E-state index in [2.05, 4.69) is 58.0 Å². The van der Waals surface area contributed by atoms with Crippen LogP contribution in [0.15, 0.2) is 0 Å². The minimum absolute atomic E-state index is 0.644. The lowest BCUT2D eigenvalue weighted by atomic mass is 10.2. The summed E-state index contributed by atoms with van der Waals surface area (Å²) in [6.45, 7) is 11.3. The van der Waals surface area contributed by atoms with E-state index in [1.54, 1.807) is 0 Å². The Morgan fingerprint density at radius 1 is 1.00 bits per heavy atom. The number of unbranched alkanes of at least 4 members (excludes halogenated alkanes) is 1. The zero-order chi connectivity index (χ0) is 11.1. The molecule has 0 saturated carbocycles. The molecule has 0 aromatic carbocycles. The van der Waals surface area contributed by atoms with Crippen molar-refractivity contribution in [3.63, 3.8) is 0 Å². The maximum atomic E-state index is 2.51. The molecule has 0 aromatic rings. The second kappa shape index (κ2) is 7.24. The fourth-order valence-corrected chi connectivity index (χ4v) is 1.61. The van der Waals surface area contributed by atoms with E-state index >= 15 is 0 Å². The van der Waals surface area contributed by atoms with E-state index in [0.29, 0.717) is 12.1 Å². The fraction of sp³-hybridized carbons (Fsp3) is 0.917. The maximum absolute atomic E-state index is 2.51. The molecule has 0 aliphatic rings.